The number of nitrogens with two attached hydrogens (primary N) is 1. The van der Waals surface area contributed by atoms with Crippen molar-refractivity contribution in [2.24, 2.45) is 5.90 Å². The van der Waals surface area contributed by atoms with Gasteiger partial charge in [0.15, 0.2) is 5.75 Å². The molecular formula is C17H17NO10. The first-order valence-electron chi connectivity index (χ1n) is 7.72. The van der Waals surface area contributed by atoms with E-state index in [1.54, 1.807) is 24.3 Å². The number of carboxylic acid groups (broad SMARTS) is 1. The zero-order chi connectivity index (χ0) is 20.4. The molecular weight excluding hydrogens is 378 g/mol. The average molecular weight is 395 g/mol. The molecule has 0 aliphatic heterocycles. The first-order chi connectivity index (χ1) is 13.6. The van der Waals surface area contributed by atoms with E-state index < -0.39 is 18.7 Å². The molecule has 0 bridgehead atoms. The van der Waals surface area contributed by atoms with E-state index in [4.69, 9.17) is 30.8 Å². The summed E-state index contributed by atoms with van der Waals surface area (Å²) in [5, 5.41) is 17.7. The van der Waals surface area contributed by atoms with Gasteiger partial charge >= 0.3 is 11.9 Å². The summed E-state index contributed by atoms with van der Waals surface area (Å²) in [6, 6.07) is 10.4. The molecule has 4 N–H and O–H groups in total. The van der Waals surface area contributed by atoms with E-state index in [0.29, 0.717) is 11.1 Å². The van der Waals surface area contributed by atoms with Gasteiger partial charge in [-0.2, -0.15) is 10.8 Å². The minimum atomic E-state index is -1.34. The number of carbonyl (C=O) groups is 2. The van der Waals surface area contributed by atoms with Gasteiger partial charge in [0.25, 0.3) is 0 Å². The Morgan fingerprint density at radius 3 is 2.32 bits per heavy atom. The Bertz CT molecular complexity index is 810. The Hall–Kier alpha value is -3.06. The monoisotopic (exact) mass is 395 g/mol. The van der Waals surface area contributed by atoms with Crippen molar-refractivity contribution >= 4 is 11.9 Å². The first-order valence-corrected chi connectivity index (χ1v) is 7.72. The Balaban J connectivity index is 1.89. The quantitative estimate of drug-likeness (QED) is 0.168. The third kappa shape index (κ3) is 5.99. The van der Waals surface area contributed by atoms with E-state index in [1.165, 1.54) is 6.07 Å². The van der Waals surface area contributed by atoms with Crippen LogP contribution in [0.3, 0.4) is 0 Å². The van der Waals surface area contributed by atoms with Gasteiger partial charge in [0.05, 0.1) is 11.1 Å². The lowest BCUT2D eigenvalue weighted by atomic mass is 10.1. The number of carboxylic acids is 1. The molecule has 0 aliphatic rings. The molecule has 0 unspecified atom stereocenters. The van der Waals surface area contributed by atoms with E-state index >= 15 is 0 Å². The standard InChI is InChI=1S/C17H17NO10/c18-28-27-13-5-6-14(16(19)20)15(7-13)17(21)23-10-26-25-9-12-4-2-1-3-11(12)8-24-22/h1-7,22H,8-10,18H2,(H,19,20). The van der Waals surface area contributed by atoms with Crippen molar-refractivity contribution in [2.75, 3.05) is 6.79 Å². The highest BCUT2D eigenvalue weighted by molar-refractivity contribution is 6.02. The summed E-state index contributed by atoms with van der Waals surface area (Å²) in [5.74, 6) is 2.43. The van der Waals surface area contributed by atoms with E-state index in [9.17, 15) is 9.59 Å². The van der Waals surface area contributed by atoms with Crippen LogP contribution >= 0.6 is 0 Å². The second-order valence-corrected chi connectivity index (χ2v) is 5.16. The topological polar surface area (TPSA) is 156 Å². The van der Waals surface area contributed by atoms with Crippen LogP contribution in [0.4, 0.5) is 0 Å². The van der Waals surface area contributed by atoms with Gasteiger partial charge in [-0.1, -0.05) is 29.3 Å². The number of benzene rings is 2. The molecule has 0 amide bonds. The molecule has 11 heteroatoms. The summed E-state index contributed by atoms with van der Waals surface area (Å²) in [5.41, 5.74) is 0.752. The molecule has 2 aromatic rings. The Labute approximate surface area is 158 Å². The van der Waals surface area contributed by atoms with Crippen molar-refractivity contribution < 1.29 is 49.2 Å². The predicted molar refractivity (Wildman–Crippen MR) is 89.3 cm³/mol. The predicted octanol–water partition coefficient (Wildman–Crippen LogP) is 1.82. The second-order valence-electron chi connectivity index (χ2n) is 5.16. The molecule has 28 heavy (non-hydrogen) atoms. The highest BCUT2D eigenvalue weighted by Crippen LogP contribution is 2.19. The summed E-state index contributed by atoms with van der Waals surface area (Å²) in [6.07, 6.45) is 0. The van der Waals surface area contributed by atoms with Gasteiger partial charge in [-0.15, -0.1) is 0 Å². The van der Waals surface area contributed by atoms with Crippen LogP contribution in [-0.2, 0) is 37.6 Å². The van der Waals surface area contributed by atoms with Crippen LogP contribution < -0.4 is 10.8 Å². The summed E-state index contributed by atoms with van der Waals surface area (Å²) < 4.78 is 4.83. The van der Waals surface area contributed by atoms with Crippen LogP contribution in [0.1, 0.15) is 31.8 Å². The maximum absolute atomic E-state index is 12.1. The SMILES string of the molecule is NOOc1ccc(C(=O)O)c(C(=O)OCOOCc2ccccc2COO)c1. The maximum Gasteiger partial charge on any atom is 0.341 e. The molecule has 150 valence electrons. The minimum absolute atomic E-state index is 0.000623. The van der Waals surface area contributed by atoms with Crippen molar-refractivity contribution in [2.45, 2.75) is 13.2 Å². The molecule has 0 saturated heterocycles. The van der Waals surface area contributed by atoms with Gasteiger partial charge in [0.1, 0.15) is 13.2 Å². The van der Waals surface area contributed by atoms with Crippen molar-refractivity contribution in [1.29, 1.82) is 0 Å². The van der Waals surface area contributed by atoms with Crippen LogP contribution in [0.25, 0.3) is 0 Å². The second kappa shape index (κ2) is 10.9. The highest BCUT2D eigenvalue weighted by atomic mass is 17.3. The number of ether oxygens (including phenoxy) is 1. The molecule has 0 radical (unpaired) electrons. The Kier molecular flexibility index (Phi) is 8.30. The van der Waals surface area contributed by atoms with Gasteiger partial charge in [0.2, 0.25) is 6.79 Å². The molecule has 2 aromatic carbocycles. The number of esters is 1. The number of hydrogen-bond donors (Lipinski definition) is 3. The zero-order valence-corrected chi connectivity index (χ0v) is 14.4. The summed E-state index contributed by atoms with van der Waals surface area (Å²) in [6.45, 7) is -0.638. The van der Waals surface area contributed by atoms with Crippen molar-refractivity contribution in [3.63, 3.8) is 0 Å². The lowest BCUT2D eigenvalue weighted by molar-refractivity contribution is -0.335. The Morgan fingerprint density at radius 1 is 0.964 bits per heavy atom. The van der Waals surface area contributed by atoms with Crippen molar-refractivity contribution in [3.8, 4) is 5.75 Å². The number of carbonyl (C=O) groups excluding carboxylic acids is 1. The normalized spacial score (nSPS) is 10.5. The van der Waals surface area contributed by atoms with Crippen molar-refractivity contribution in [1.82, 2.24) is 0 Å². The summed E-state index contributed by atoms with van der Waals surface area (Å²) in [4.78, 5) is 45.7. The Morgan fingerprint density at radius 2 is 1.68 bits per heavy atom. The maximum atomic E-state index is 12.1. The zero-order valence-electron chi connectivity index (χ0n) is 14.4. The fraction of sp³-hybridized carbons (Fsp3) is 0.176. The molecule has 0 atom stereocenters. The molecule has 0 fully saturated rings. The number of rotatable bonds is 11. The summed E-state index contributed by atoms with van der Waals surface area (Å²) >= 11 is 0. The minimum Gasteiger partial charge on any atom is -0.478 e. The van der Waals surface area contributed by atoms with E-state index in [-0.39, 0.29) is 30.1 Å². The highest BCUT2D eigenvalue weighted by Gasteiger charge is 2.19. The number of aromatic carboxylic acids is 1. The fourth-order valence-corrected chi connectivity index (χ4v) is 2.19. The van der Waals surface area contributed by atoms with Crippen LogP contribution in [-0.4, -0.2) is 29.1 Å². The first kappa shape index (κ1) is 21.2. The lowest BCUT2D eigenvalue weighted by Gasteiger charge is -2.10. The number of hydrogen-bond acceptors (Lipinski definition) is 10. The molecule has 0 saturated carbocycles. The molecule has 0 aromatic heterocycles. The third-order valence-corrected chi connectivity index (χ3v) is 3.46. The average Bonchev–Trinajstić information content (AvgIpc) is 2.69. The molecule has 0 spiro atoms. The van der Waals surface area contributed by atoms with Gasteiger partial charge < -0.3 is 14.7 Å². The van der Waals surface area contributed by atoms with Crippen LogP contribution in [0.5, 0.6) is 5.75 Å². The third-order valence-electron chi connectivity index (χ3n) is 3.46. The lowest BCUT2D eigenvalue weighted by Crippen LogP contribution is -2.14. The van der Waals surface area contributed by atoms with E-state index in [2.05, 4.69) is 14.8 Å². The molecule has 0 aliphatic carbocycles. The van der Waals surface area contributed by atoms with Gasteiger partial charge in [-0.3, -0.25) is 5.26 Å². The van der Waals surface area contributed by atoms with Gasteiger partial charge in [-0.25, -0.2) is 19.4 Å². The summed E-state index contributed by atoms with van der Waals surface area (Å²) in [7, 11) is 0. The molecule has 11 nitrogen and oxygen atoms in total. The van der Waals surface area contributed by atoms with E-state index in [1.807, 2.05) is 0 Å². The van der Waals surface area contributed by atoms with Crippen molar-refractivity contribution in [3.05, 3.63) is 64.7 Å². The van der Waals surface area contributed by atoms with Crippen LogP contribution in [0.2, 0.25) is 0 Å². The van der Waals surface area contributed by atoms with Crippen LogP contribution in [0, 0.1) is 0 Å². The molecule has 2 rings (SSSR count). The molecule has 0 heterocycles. The van der Waals surface area contributed by atoms with E-state index in [0.717, 1.165) is 12.1 Å². The van der Waals surface area contributed by atoms with Gasteiger partial charge in [0, 0.05) is 0 Å². The largest absolute Gasteiger partial charge is 0.478 e. The van der Waals surface area contributed by atoms with Crippen LogP contribution in [0.15, 0.2) is 42.5 Å². The smallest absolute Gasteiger partial charge is 0.341 e. The fourth-order valence-electron chi connectivity index (χ4n) is 2.19. The van der Waals surface area contributed by atoms with Gasteiger partial charge in [-0.05, 0) is 29.3 Å².